The molecular formula is C18H15NO4. The highest BCUT2D eigenvalue weighted by molar-refractivity contribution is 6.12. The first-order valence-electron chi connectivity index (χ1n) is 7.27. The van der Waals surface area contributed by atoms with Crippen LogP contribution in [0.2, 0.25) is 0 Å². The van der Waals surface area contributed by atoms with Crippen molar-refractivity contribution >= 4 is 17.6 Å². The number of ketones is 1. The molecule has 2 aromatic carbocycles. The van der Waals surface area contributed by atoms with Crippen molar-refractivity contribution in [3.63, 3.8) is 0 Å². The number of hydrogen-bond acceptors (Lipinski definition) is 4. The normalized spacial score (nSPS) is 17.3. The maximum atomic E-state index is 12.6. The Hall–Kier alpha value is -2.95. The molecule has 0 saturated carbocycles. The van der Waals surface area contributed by atoms with Gasteiger partial charge in [-0.25, -0.2) is 0 Å². The first kappa shape index (κ1) is 15.0. The van der Waals surface area contributed by atoms with Crippen LogP contribution in [0.1, 0.15) is 27.6 Å². The van der Waals surface area contributed by atoms with E-state index in [9.17, 15) is 14.4 Å². The molecule has 0 fully saturated rings. The number of carbonyl (C=O) groups excluding carboxylic acids is 3. The molecule has 116 valence electrons. The van der Waals surface area contributed by atoms with Gasteiger partial charge in [-0.15, -0.1) is 0 Å². The lowest BCUT2D eigenvalue weighted by Gasteiger charge is -2.19. The number of Topliss-reactive ketones (excluding diaryl/α,β-unsaturated/α-hetero) is 1. The van der Waals surface area contributed by atoms with Crippen LogP contribution in [0.5, 0.6) is 5.75 Å². The van der Waals surface area contributed by atoms with Gasteiger partial charge in [0.15, 0.2) is 11.9 Å². The summed E-state index contributed by atoms with van der Waals surface area (Å²) in [6.45, 7) is 1.27. The van der Waals surface area contributed by atoms with Gasteiger partial charge in [-0.3, -0.25) is 19.3 Å². The van der Waals surface area contributed by atoms with Crippen LogP contribution in [0.15, 0.2) is 54.6 Å². The molecule has 0 aromatic heterocycles. The van der Waals surface area contributed by atoms with E-state index in [0.29, 0.717) is 11.3 Å². The van der Waals surface area contributed by atoms with Crippen LogP contribution in [-0.4, -0.2) is 35.1 Å². The van der Waals surface area contributed by atoms with Crippen LogP contribution in [-0.2, 0) is 4.79 Å². The van der Waals surface area contributed by atoms with E-state index in [2.05, 4.69) is 0 Å². The Morgan fingerprint density at radius 2 is 1.70 bits per heavy atom. The van der Waals surface area contributed by atoms with E-state index in [1.165, 1.54) is 0 Å². The van der Waals surface area contributed by atoms with Gasteiger partial charge < -0.3 is 4.74 Å². The first-order chi connectivity index (χ1) is 11.1. The number of rotatable bonds is 3. The highest BCUT2D eigenvalue weighted by Crippen LogP contribution is 2.25. The van der Waals surface area contributed by atoms with Crippen LogP contribution in [0, 0.1) is 0 Å². The minimum atomic E-state index is -0.828. The number of carbonyl (C=O) groups is 3. The predicted octanol–water partition coefficient (Wildman–Crippen LogP) is 2.32. The molecule has 1 unspecified atom stereocenters. The number of hydrogen-bond donors (Lipinski definition) is 0. The van der Waals surface area contributed by atoms with Gasteiger partial charge in [0, 0.05) is 5.56 Å². The molecule has 23 heavy (non-hydrogen) atoms. The Balaban J connectivity index is 1.93. The molecule has 1 aliphatic rings. The molecular weight excluding hydrogens is 294 g/mol. The maximum Gasteiger partial charge on any atom is 0.270 e. The van der Waals surface area contributed by atoms with Gasteiger partial charge in [-0.05, 0) is 19.1 Å². The predicted molar refractivity (Wildman–Crippen MR) is 83.3 cm³/mol. The molecule has 0 N–H and O–H groups in total. The molecule has 5 heteroatoms. The number of imide groups is 1. The second-order valence-electron chi connectivity index (χ2n) is 5.27. The summed E-state index contributed by atoms with van der Waals surface area (Å²) in [6.07, 6.45) is -0.828. The fourth-order valence-electron chi connectivity index (χ4n) is 2.46. The first-order valence-corrected chi connectivity index (χ1v) is 7.27. The van der Waals surface area contributed by atoms with Crippen LogP contribution >= 0.6 is 0 Å². The van der Waals surface area contributed by atoms with Crippen molar-refractivity contribution in [2.45, 2.75) is 13.0 Å². The van der Waals surface area contributed by atoms with Gasteiger partial charge in [0.1, 0.15) is 5.75 Å². The summed E-state index contributed by atoms with van der Waals surface area (Å²) in [4.78, 5) is 38.4. The largest absolute Gasteiger partial charge is 0.480 e. The fourth-order valence-corrected chi connectivity index (χ4v) is 2.46. The Morgan fingerprint density at radius 1 is 1.04 bits per heavy atom. The van der Waals surface area contributed by atoms with Crippen molar-refractivity contribution in [1.29, 1.82) is 0 Å². The van der Waals surface area contributed by atoms with E-state index in [-0.39, 0.29) is 17.9 Å². The Morgan fingerprint density at radius 3 is 2.43 bits per heavy atom. The van der Waals surface area contributed by atoms with E-state index in [0.717, 1.165) is 4.90 Å². The van der Waals surface area contributed by atoms with Crippen molar-refractivity contribution in [3.05, 3.63) is 65.7 Å². The zero-order valence-corrected chi connectivity index (χ0v) is 12.6. The summed E-state index contributed by atoms with van der Waals surface area (Å²) in [6, 6.07) is 15.2. The van der Waals surface area contributed by atoms with Crippen LogP contribution in [0.25, 0.3) is 0 Å². The number of benzene rings is 2. The quantitative estimate of drug-likeness (QED) is 0.645. The lowest BCUT2D eigenvalue weighted by atomic mass is 10.1. The molecule has 0 saturated heterocycles. The molecule has 3 rings (SSSR count). The average Bonchev–Trinajstić information content (AvgIpc) is 2.67. The minimum Gasteiger partial charge on any atom is -0.480 e. The van der Waals surface area contributed by atoms with E-state index < -0.39 is 17.9 Å². The summed E-state index contributed by atoms with van der Waals surface area (Å²) in [7, 11) is 0. The average molecular weight is 309 g/mol. The monoisotopic (exact) mass is 309 g/mol. The summed E-state index contributed by atoms with van der Waals surface area (Å²) in [5.41, 5.74) is 0.741. The summed E-state index contributed by atoms with van der Waals surface area (Å²) in [5, 5.41) is 0. The third kappa shape index (κ3) is 2.85. The molecule has 0 spiro atoms. The summed E-state index contributed by atoms with van der Waals surface area (Å²) < 4.78 is 5.53. The number of nitrogens with zero attached hydrogens (tertiary/aromatic N) is 1. The molecule has 2 aromatic rings. The SMILES string of the molecule is CC1Oc2ccccc2C(=O)N(CC(=O)c2ccccc2)C1=O. The van der Waals surface area contributed by atoms with Gasteiger partial charge >= 0.3 is 0 Å². The zero-order valence-electron chi connectivity index (χ0n) is 12.6. The molecule has 1 aliphatic heterocycles. The van der Waals surface area contributed by atoms with E-state index in [4.69, 9.17) is 4.74 Å². The second-order valence-corrected chi connectivity index (χ2v) is 5.27. The standard InChI is InChI=1S/C18H15NO4/c1-12-17(21)19(11-15(20)13-7-3-2-4-8-13)18(22)14-9-5-6-10-16(14)23-12/h2-10,12H,11H2,1H3. The Kier molecular flexibility index (Phi) is 3.93. The minimum absolute atomic E-state index is 0.283. The topological polar surface area (TPSA) is 63.7 Å². The van der Waals surface area contributed by atoms with Crippen molar-refractivity contribution < 1.29 is 19.1 Å². The van der Waals surface area contributed by atoms with Crippen molar-refractivity contribution in [1.82, 2.24) is 4.90 Å². The highest BCUT2D eigenvalue weighted by atomic mass is 16.5. The van der Waals surface area contributed by atoms with Crippen LogP contribution in [0.3, 0.4) is 0 Å². The molecule has 1 atom stereocenters. The number of amides is 2. The third-order valence-corrected chi connectivity index (χ3v) is 3.68. The van der Waals surface area contributed by atoms with Gasteiger partial charge in [-0.1, -0.05) is 42.5 Å². The van der Waals surface area contributed by atoms with Crippen molar-refractivity contribution in [3.8, 4) is 5.75 Å². The van der Waals surface area contributed by atoms with Crippen molar-refractivity contribution in [2.24, 2.45) is 0 Å². The summed E-state index contributed by atoms with van der Waals surface area (Å²) >= 11 is 0. The summed E-state index contributed by atoms with van der Waals surface area (Å²) in [5.74, 6) is -0.971. The molecule has 0 radical (unpaired) electrons. The highest BCUT2D eigenvalue weighted by Gasteiger charge is 2.35. The second kappa shape index (κ2) is 6.04. The van der Waals surface area contributed by atoms with Gasteiger partial charge in [-0.2, -0.15) is 0 Å². The zero-order chi connectivity index (χ0) is 16.4. The maximum absolute atomic E-state index is 12.6. The smallest absolute Gasteiger partial charge is 0.270 e. The Labute approximate surface area is 133 Å². The molecule has 1 heterocycles. The van der Waals surface area contributed by atoms with E-state index >= 15 is 0 Å². The van der Waals surface area contributed by atoms with Crippen molar-refractivity contribution in [2.75, 3.05) is 6.54 Å². The lowest BCUT2D eigenvalue weighted by molar-refractivity contribution is -0.134. The molecule has 0 bridgehead atoms. The molecule has 0 aliphatic carbocycles. The van der Waals surface area contributed by atoms with Crippen LogP contribution in [0.4, 0.5) is 0 Å². The van der Waals surface area contributed by atoms with E-state index in [1.807, 2.05) is 0 Å². The number of ether oxygens (including phenoxy) is 1. The van der Waals surface area contributed by atoms with Crippen LogP contribution < -0.4 is 4.74 Å². The lowest BCUT2D eigenvalue weighted by Crippen LogP contribution is -2.44. The van der Waals surface area contributed by atoms with E-state index in [1.54, 1.807) is 61.5 Å². The van der Waals surface area contributed by atoms with Gasteiger partial charge in [0.2, 0.25) is 0 Å². The molecule has 5 nitrogen and oxygen atoms in total. The Bertz CT molecular complexity index is 770. The third-order valence-electron chi connectivity index (χ3n) is 3.68. The number of para-hydroxylation sites is 1. The fraction of sp³-hybridized carbons (Fsp3) is 0.167. The van der Waals surface area contributed by atoms with Gasteiger partial charge in [0.25, 0.3) is 11.8 Å². The number of fused-ring (bicyclic) bond motifs is 1. The van der Waals surface area contributed by atoms with Gasteiger partial charge in [0.05, 0.1) is 12.1 Å². The molecule has 2 amide bonds.